The molecule has 1 atom stereocenters. The summed E-state index contributed by atoms with van der Waals surface area (Å²) in [5.74, 6) is 1.17. The molecule has 4 rings (SSSR count). The molecule has 0 saturated carbocycles. The quantitative estimate of drug-likeness (QED) is 0.680. The van der Waals surface area contributed by atoms with Gasteiger partial charge in [0.1, 0.15) is 6.10 Å². The molecule has 1 saturated heterocycles. The van der Waals surface area contributed by atoms with Crippen molar-refractivity contribution in [2.24, 2.45) is 0 Å². The molecule has 0 spiro atoms. The van der Waals surface area contributed by atoms with Crippen molar-refractivity contribution in [1.82, 2.24) is 20.4 Å². The van der Waals surface area contributed by atoms with Gasteiger partial charge in [-0.05, 0) is 30.9 Å². The fraction of sp³-hybridized carbons (Fsp3) is 0.421. The van der Waals surface area contributed by atoms with Gasteiger partial charge in [0.25, 0.3) is 5.89 Å². The zero-order valence-electron chi connectivity index (χ0n) is 14.5. The molecule has 1 amide bonds. The third kappa shape index (κ3) is 3.77. The Hall–Kier alpha value is -2.67. The summed E-state index contributed by atoms with van der Waals surface area (Å²) in [6.45, 7) is 1.24. The monoisotopic (exact) mass is 354 g/mol. The van der Waals surface area contributed by atoms with Crippen LogP contribution in [0.2, 0.25) is 0 Å². The first-order chi connectivity index (χ1) is 12.8. The highest BCUT2D eigenvalue weighted by Crippen LogP contribution is 2.26. The first-order valence-corrected chi connectivity index (χ1v) is 9.05. The molecule has 1 aromatic carbocycles. The van der Waals surface area contributed by atoms with Crippen molar-refractivity contribution < 1.29 is 14.1 Å². The standard InChI is InChI=1S/C19H22N4O3/c24-18(8-7-13-12-21-15-5-2-1-4-14(13)15)20-10-9-17-22-19(26-23-17)16-6-3-11-25-16/h1-2,4-5,12,16,21H,3,6-11H2,(H,20,24). The second-order valence-corrected chi connectivity index (χ2v) is 6.51. The fourth-order valence-corrected chi connectivity index (χ4v) is 3.26. The third-order valence-electron chi connectivity index (χ3n) is 4.66. The van der Waals surface area contributed by atoms with E-state index in [1.165, 1.54) is 5.39 Å². The minimum atomic E-state index is -0.0676. The van der Waals surface area contributed by atoms with Gasteiger partial charge in [-0.3, -0.25) is 4.79 Å². The van der Waals surface area contributed by atoms with Crippen LogP contribution < -0.4 is 5.32 Å². The molecule has 2 N–H and O–H groups in total. The largest absolute Gasteiger partial charge is 0.368 e. The number of hydrogen-bond donors (Lipinski definition) is 2. The summed E-state index contributed by atoms with van der Waals surface area (Å²) in [5, 5.41) is 8.05. The molecule has 3 heterocycles. The van der Waals surface area contributed by atoms with Crippen molar-refractivity contribution in [3.8, 4) is 0 Å². The number of benzene rings is 1. The summed E-state index contributed by atoms with van der Waals surface area (Å²) in [5.41, 5.74) is 2.26. The Morgan fingerprint density at radius 2 is 2.23 bits per heavy atom. The Bertz CT molecular complexity index is 880. The summed E-state index contributed by atoms with van der Waals surface area (Å²) in [4.78, 5) is 19.7. The minimum absolute atomic E-state index is 0.0260. The van der Waals surface area contributed by atoms with E-state index in [2.05, 4.69) is 26.5 Å². The number of nitrogens with zero attached hydrogens (tertiary/aromatic N) is 2. The highest BCUT2D eigenvalue weighted by atomic mass is 16.5. The van der Waals surface area contributed by atoms with Gasteiger partial charge in [-0.1, -0.05) is 23.4 Å². The van der Waals surface area contributed by atoms with Crippen LogP contribution in [0.3, 0.4) is 0 Å². The van der Waals surface area contributed by atoms with E-state index in [4.69, 9.17) is 9.26 Å². The second kappa shape index (κ2) is 7.70. The lowest BCUT2D eigenvalue weighted by atomic mass is 10.1. The Kier molecular flexibility index (Phi) is 4.97. The average Bonchev–Trinajstić information content (AvgIpc) is 3.40. The number of H-pyrrole nitrogens is 1. The predicted molar refractivity (Wildman–Crippen MR) is 95.6 cm³/mol. The zero-order valence-corrected chi connectivity index (χ0v) is 14.5. The SMILES string of the molecule is O=C(CCc1c[nH]c2ccccc12)NCCc1noc(C2CCCO2)n1. The molecular weight excluding hydrogens is 332 g/mol. The molecule has 0 bridgehead atoms. The van der Waals surface area contributed by atoms with E-state index in [9.17, 15) is 4.79 Å². The number of para-hydroxylation sites is 1. The van der Waals surface area contributed by atoms with Crippen LogP contribution >= 0.6 is 0 Å². The smallest absolute Gasteiger partial charge is 0.255 e. The molecule has 26 heavy (non-hydrogen) atoms. The summed E-state index contributed by atoms with van der Waals surface area (Å²) >= 11 is 0. The Morgan fingerprint density at radius 1 is 1.31 bits per heavy atom. The summed E-state index contributed by atoms with van der Waals surface area (Å²) in [6, 6.07) is 8.11. The van der Waals surface area contributed by atoms with Gasteiger partial charge in [0.05, 0.1) is 0 Å². The zero-order chi connectivity index (χ0) is 17.8. The second-order valence-electron chi connectivity index (χ2n) is 6.51. The van der Waals surface area contributed by atoms with E-state index in [1.54, 1.807) is 0 Å². The fourth-order valence-electron chi connectivity index (χ4n) is 3.26. The first kappa shape index (κ1) is 16.8. The molecule has 136 valence electrons. The van der Waals surface area contributed by atoms with Crippen LogP contribution in [0, 0.1) is 0 Å². The molecule has 0 aliphatic carbocycles. The van der Waals surface area contributed by atoms with Gasteiger partial charge in [-0.2, -0.15) is 4.98 Å². The van der Waals surface area contributed by atoms with E-state index < -0.39 is 0 Å². The van der Waals surface area contributed by atoms with Gasteiger partial charge in [-0.25, -0.2) is 0 Å². The van der Waals surface area contributed by atoms with Crippen molar-refractivity contribution in [3.05, 3.63) is 47.7 Å². The van der Waals surface area contributed by atoms with E-state index in [1.807, 2.05) is 24.4 Å². The maximum atomic E-state index is 12.1. The summed E-state index contributed by atoms with van der Waals surface area (Å²) < 4.78 is 10.8. The van der Waals surface area contributed by atoms with Gasteiger partial charge < -0.3 is 19.6 Å². The van der Waals surface area contributed by atoms with Crippen LogP contribution in [0.5, 0.6) is 0 Å². The average molecular weight is 354 g/mol. The lowest BCUT2D eigenvalue weighted by Crippen LogP contribution is -2.26. The van der Waals surface area contributed by atoms with Crippen molar-refractivity contribution >= 4 is 16.8 Å². The molecule has 1 aliphatic heterocycles. The summed E-state index contributed by atoms with van der Waals surface area (Å²) in [7, 11) is 0. The first-order valence-electron chi connectivity index (χ1n) is 9.05. The van der Waals surface area contributed by atoms with Crippen LogP contribution in [-0.2, 0) is 22.4 Å². The molecule has 1 fully saturated rings. The maximum absolute atomic E-state index is 12.1. The number of aromatic amines is 1. The normalized spacial score (nSPS) is 17.0. The number of carbonyl (C=O) groups is 1. The highest BCUT2D eigenvalue weighted by molar-refractivity contribution is 5.84. The number of aryl methyl sites for hydroxylation is 1. The predicted octanol–water partition coefficient (Wildman–Crippen LogP) is 2.69. The molecule has 1 aliphatic rings. The Labute approximate surface area is 151 Å². The van der Waals surface area contributed by atoms with Gasteiger partial charge in [-0.15, -0.1) is 0 Å². The Morgan fingerprint density at radius 3 is 3.12 bits per heavy atom. The van der Waals surface area contributed by atoms with Crippen LogP contribution in [0.4, 0.5) is 0 Å². The van der Waals surface area contributed by atoms with Crippen LogP contribution in [0.15, 0.2) is 35.0 Å². The third-order valence-corrected chi connectivity index (χ3v) is 4.66. The number of rotatable bonds is 7. The number of aromatic nitrogens is 3. The van der Waals surface area contributed by atoms with E-state index in [0.717, 1.165) is 30.5 Å². The number of ether oxygens (including phenoxy) is 1. The van der Waals surface area contributed by atoms with Crippen LogP contribution in [-0.4, -0.2) is 34.2 Å². The maximum Gasteiger partial charge on any atom is 0.255 e. The van der Waals surface area contributed by atoms with Crippen molar-refractivity contribution in [1.29, 1.82) is 0 Å². The van der Waals surface area contributed by atoms with Crippen LogP contribution in [0.25, 0.3) is 10.9 Å². The van der Waals surface area contributed by atoms with Crippen molar-refractivity contribution in [2.75, 3.05) is 13.2 Å². The molecule has 3 aromatic rings. The van der Waals surface area contributed by atoms with E-state index in [-0.39, 0.29) is 12.0 Å². The Balaban J connectivity index is 1.22. The molecular formula is C19H22N4O3. The van der Waals surface area contributed by atoms with Gasteiger partial charge in [0.2, 0.25) is 5.91 Å². The molecule has 0 radical (unpaired) electrons. The highest BCUT2D eigenvalue weighted by Gasteiger charge is 2.23. The number of nitrogens with one attached hydrogen (secondary N) is 2. The van der Waals surface area contributed by atoms with E-state index >= 15 is 0 Å². The number of hydrogen-bond acceptors (Lipinski definition) is 5. The summed E-state index contributed by atoms with van der Waals surface area (Å²) in [6.07, 6.45) is 5.57. The molecule has 7 heteroatoms. The van der Waals surface area contributed by atoms with Crippen molar-refractivity contribution in [2.45, 2.75) is 38.2 Å². The minimum Gasteiger partial charge on any atom is -0.368 e. The lowest BCUT2D eigenvalue weighted by molar-refractivity contribution is -0.121. The van der Waals surface area contributed by atoms with Gasteiger partial charge in [0.15, 0.2) is 5.82 Å². The van der Waals surface area contributed by atoms with Gasteiger partial charge in [0, 0.05) is 43.1 Å². The lowest BCUT2D eigenvalue weighted by Gasteiger charge is -2.03. The number of fused-ring (bicyclic) bond motifs is 1. The molecule has 7 nitrogen and oxygen atoms in total. The van der Waals surface area contributed by atoms with E-state index in [0.29, 0.717) is 37.5 Å². The van der Waals surface area contributed by atoms with Crippen LogP contribution in [0.1, 0.15) is 42.6 Å². The topological polar surface area (TPSA) is 93.0 Å². The van der Waals surface area contributed by atoms with Gasteiger partial charge >= 0.3 is 0 Å². The molecule has 2 aromatic heterocycles. The van der Waals surface area contributed by atoms with Crippen molar-refractivity contribution in [3.63, 3.8) is 0 Å². The molecule has 1 unspecified atom stereocenters. The number of amides is 1. The number of carbonyl (C=O) groups excluding carboxylic acids is 1.